The average Bonchev–Trinajstić information content (AvgIpc) is 2.42. The summed E-state index contributed by atoms with van der Waals surface area (Å²) in [6.07, 6.45) is 0.906. The van der Waals surface area contributed by atoms with Gasteiger partial charge in [0.15, 0.2) is 0 Å². The molecule has 0 N–H and O–H groups in total. The number of rotatable bonds is 5. The largest absolute Gasteiger partial charge is 0.497 e. The summed E-state index contributed by atoms with van der Waals surface area (Å²) in [5.41, 5.74) is 2.52. The van der Waals surface area contributed by atoms with Gasteiger partial charge in [-0.2, -0.15) is 0 Å². The van der Waals surface area contributed by atoms with Crippen molar-refractivity contribution in [3.05, 3.63) is 59.7 Å². The zero-order valence-electron chi connectivity index (χ0n) is 10.8. The van der Waals surface area contributed by atoms with Gasteiger partial charge in [-0.1, -0.05) is 24.3 Å². The first-order valence-electron chi connectivity index (χ1n) is 6.16. The molecule has 0 bridgehead atoms. The molecule has 0 amide bonds. The van der Waals surface area contributed by atoms with Crippen LogP contribution >= 0.6 is 0 Å². The summed E-state index contributed by atoms with van der Waals surface area (Å²) in [6, 6.07) is 16.4. The van der Waals surface area contributed by atoms with Crippen LogP contribution < -0.4 is 9.47 Å². The predicted molar refractivity (Wildman–Crippen MR) is 73.4 cm³/mol. The van der Waals surface area contributed by atoms with E-state index in [2.05, 4.69) is 24.3 Å². The van der Waals surface area contributed by atoms with E-state index in [4.69, 9.17) is 9.47 Å². The minimum atomic E-state index is 0.704. The van der Waals surface area contributed by atoms with Gasteiger partial charge in [-0.25, -0.2) is 0 Å². The standard InChI is InChI=1S/C16H18O2/c1-3-18-15-9-7-13(8-10-15)11-14-5-4-6-16(12-14)17-2/h4-10,12H,3,11H2,1-2H3. The number of hydrogen-bond acceptors (Lipinski definition) is 2. The molecule has 0 aliphatic carbocycles. The first-order chi connectivity index (χ1) is 8.81. The Bertz CT molecular complexity index is 489. The Balaban J connectivity index is 2.08. The zero-order valence-corrected chi connectivity index (χ0v) is 10.8. The molecule has 2 nitrogen and oxygen atoms in total. The second-order valence-corrected chi connectivity index (χ2v) is 4.11. The summed E-state index contributed by atoms with van der Waals surface area (Å²) in [5, 5.41) is 0. The van der Waals surface area contributed by atoms with Gasteiger partial charge in [-0.3, -0.25) is 0 Å². The van der Waals surface area contributed by atoms with Crippen LogP contribution in [0.5, 0.6) is 11.5 Å². The van der Waals surface area contributed by atoms with E-state index in [1.165, 1.54) is 11.1 Å². The molecule has 0 aliphatic heterocycles. The maximum absolute atomic E-state index is 5.43. The first-order valence-corrected chi connectivity index (χ1v) is 6.16. The number of methoxy groups -OCH3 is 1. The highest BCUT2D eigenvalue weighted by Crippen LogP contribution is 2.18. The summed E-state index contributed by atoms with van der Waals surface area (Å²) in [6.45, 7) is 2.69. The van der Waals surface area contributed by atoms with E-state index in [1.54, 1.807) is 7.11 Å². The average molecular weight is 242 g/mol. The van der Waals surface area contributed by atoms with Crippen molar-refractivity contribution in [3.63, 3.8) is 0 Å². The highest BCUT2D eigenvalue weighted by molar-refractivity contribution is 5.34. The van der Waals surface area contributed by atoms with Crippen molar-refractivity contribution in [1.82, 2.24) is 0 Å². The fourth-order valence-corrected chi connectivity index (χ4v) is 1.89. The Labute approximate surface area is 108 Å². The van der Waals surface area contributed by atoms with Crippen LogP contribution in [-0.2, 0) is 6.42 Å². The number of ether oxygens (including phenoxy) is 2. The number of hydrogen-bond donors (Lipinski definition) is 0. The minimum absolute atomic E-state index is 0.704. The topological polar surface area (TPSA) is 18.5 Å². The molecule has 0 heterocycles. The molecular weight excluding hydrogens is 224 g/mol. The maximum atomic E-state index is 5.43. The molecule has 2 aromatic rings. The van der Waals surface area contributed by atoms with Crippen LogP contribution in [0.15, 0.2) is 48.5 Å². The molecule has 2 aromatic carbocycles. The lowest BCUT2D eigenvalue weighted by atomic mass is 10.0. The summed E-state index contributed by atoms with van der Waals surface area (Å²) >= 11 is 0. The lowest BCUT2D eigenvalue weighted by molar-refractivity contribution is 0.340. The second kappa shape index (κ2) is 6.10. The molecule has 0 aromatic heterocycles. The van der Waals surface area contributed by atoms with Crippen LogP contribution in [-0.4, -0.2) is 13.7 Å². The van der Waals surface area contributed by atoms with E-state index in [0.29, 0.717) is 6.61 Å². The van der Waals surface area contributed by atoms with Gasteiger partial charge in [0.05, 0.1) is 13.7 Å². The molecule has 0 unspecified atom stereocenters. The quantitative estimate of drug-likeness (QED) is 0.796. The fraction of sp³-hybridized carbons (Fsp3) is 0.250. The zero-order chi connectivity index (χ0) is 12.8. The molecule has 0 saturated carbocycles. The third kappa shape index (κ3) is 3.27. The van der Waals surface area contributed by atoms with Crippen LogP contribution in [0.25, 0.3) is 0 Å². The Morgan fingerprint density at radius 1 is 0.889 bits per heavy atom. The van der Waals surface area contributed by atoms with Crippen molar-refractivity contribution >= 4 is 0 Å². The third-order valence-corrected chi connectivity index (χ3v) is 2.78. The Kier molecular flexibility index (Phi) is 4.24. The van der Waals surface area contributed by atoms with Gasteiger partial charge in [0.2, 0.25) is 0 Å². The molecular formula is C16H18O2. The predicted octanol–water partition coefficient (Wildman–Crippen LogP) is 3.68. The van der Waals surface area contributed by atoms with E-state index < -0.39 is 0 Å². The lowest BCUT2D eigenvalue weighted by Crippen LogP contribution is -1.93. The summed E-state index contributed by atoms with van der Waals surface area (Å²) in [5.74, 6) is 1.82. The highest BCUT2D eigenvalue weighted by Gasteiger charge is 1.99. The molecule has 18 heavy (non-hydrogen) atoms. The van der Waals surface area contributed by atoms with Crippen molar-refractivity contribution < 1.29 is 9.47 Å². The molecule has 94 valence electrons. The van der Waals surface area contributed by atoms with Crippen LogP contribution in [0.3, 0.4) is 0 Å². The Morgan fingerprint density at radius 3 is 2.33 bits per heavy atom. The normalized spacial score (nSPS) is 10.1. The van der Waals surface area contributed by atoms with E-state index in [9.17, 15) is 0 Å². The second-order valence-electron chi connectivity index (χ2n) is 4.11. The Hall–Kier alpha value is -1.96. The van der Waals surface area contributed by atoms with E-state index in [1.807, 2.05) is 31.2 Å². The summed E-state index contributed by atoms with van der Waals surface area (Å²) in [4.78, 5) is 0. The van der Waals surface area contributed by atoms with Gasteiger partial charge < -0.3 is 9.47 Å². The lowest BCUT2D eigenvalue weighted by Gasteiger charge is -2.06. The van der Waals surface area contributed by atoms with Crippen LogP contribution in [0, 0.1) is 0 Å². The van der Waals surface area contributed by atoms with Crippen molar-refractivity contribution in [2.45, 2.75) is 13.3 Å². The van der Waals surface area contributed by atoms with Crippen LogP contribution in [0.4, 0.5) is 0 Å². The van der Waals surface area contributed by atoms with Crippen molar-refractivity contribution in [2.24, 2.45) is 0 Å². The number of benzene rings is 2. The molecule has 0 radical (unpaired) electrons. The maximum Gasteiger partial charge on any atom is 0.119 e. The van der Waals surface area contributed by atoms with Gasteiger partial charge >= 0.3 is 0 Å². The molecule has 2 rings (SSSR count). The van der Waals surface area contributed by atoms with E-state index in [0.717, 1.165) is 17.9 Å². The van der Waals surface area contributed by atoms with Crippen molar-refractivity contribution in [1.29, 1.82) is 0 Å². The summed E-state index contributed by atoms with van der Waals surface area (Å²) < 4.78 is 10.7. The molecule has 0 saturated heterocycles. The smallest absolute Gasteiger partial charge is 0.119 e. The Morgan fingerprint density at radius 2 is 1.67 bits per heavy atom. The highest BCUT2D eigenvalue weighted by atomic mass is 16.5. The van der Waals surface area contributed by atoms with E-state index >= 15 is 0 Å². The van der Waals surface area contributed by atoms with Gasteiger partial charge in [0.1, 0.15) is 11.5 Å². The molecule has 2 heteroatoms. The first kappa shape index (κ1) is 12.5. The third-order valence-electron chi connectivity index (χ3n) is 2.78. The fourth-order valence-electron chi connectivity index (χ4n) is 1.89. The van der Waals surface area contributed by atoms with Gasteiger partial charge in [0.25, 0.3) is 0 Å². The van der Waals surface area contributed by atoms with Gasteiger partial charge in [0, 0.05) is 0 Å². The van der Waals surface area contributed by atoms with Crippen LogP contribution in [0.2, 0.25) is 0 Å². The summed E-state index contributed by atoms with van der Waals surface area (Å²) in [7, 11) is 1.69. The van der Waals surface area contributed by atoms with E-state index in [-0.39, 0.29) is 0 Å². The van der Waals surface area contributed by atoms with Gasteiger partial charge in [-0.15, -0.1) is 0 Å². The van der Waals surface area contributed by atoms with Gasteiger partial charge in [-0.05, 0) is 48.7 Å². The van der Waals surface area contributed by atoms with Crippen LogP contribution in [0.1, 0.15) is 18.1 Å². The molecule has 0 atom stereocenters. The molecule has 0 spiro atoms. The monoisotopic (exact) mass is 242 g/mol. The molecule has 0 aliphatic rings. The minimum Gasteiger partial charge on any atom is -0.497 e. The SMILES string of the molecule is CCOc1ccc(Cc2cccc(OC)c2)cc1. The van der Waals surface area contributed by atoms with Crippen molar-refractivity contribution in [2.75, 3.05) is 13.7 Å². The van der Waals surface area contributed by atoms with Crippen molar-refractivity contribution in [3.8, 4) is 11.5 Å². The molecule has 0 fully saturated rings.